The molecule has 0 aliphatic carbocycles. The van der Waals surface area contributed by atoms with Gasteiger partial charge in [-0.3, -0.25) is 0 Å². The molecule has 0 radical (unpaired) electrons. The van der Waals surface area contributed by atoms with E-state index in [4.69, 9.17) is 27.7 Å². The molecular weight excluding hydrogens is 204 g/mol. The van der Waals surface area contributed by atoms with Gasteiger partial charge < -0.3 is 10.8 Å². The summed E-state index contributed by atoms with van der Waals surface area (Å²) in [4.78, 5) is 10.7. The molecule has 5 heteroatoms. The van der Waals surface area contributed by atoms with Crippen molar-refractivity contribution in [2.75, 3.05) is 0 Å². The lowest BCUT2D eigenvalue weighted by Gasteiger charge is -2.06. The number of halogens is 1. The normalized spacial score (nSPS) is 9.50. The molecule has 0 unspecified atom stereocenters. The van der Waals surface area contributed by atoms with Crippen LogP contribution in [-0.4, -0.2) is 11.1 Å². The van der Waals surface area contributed by atoms with Gasteiger partial charge in [-0.05, 0) is 12.1 Å². The van der Waals surface area contributed by atoms with Gasteiger partial charge in [-0.25, -0.2) is 4.79 Å². The second-order valence-electron chi connectivity index (χ2n) is 2.57. The van der Waals surface area contributed by atoms with Gasteiger partial charge in [0.15, 0.2) is 0 Å². The van der Waals surface area contributed by atoms with Crippen molar-refractivity contribution < 1.29 is 9.90 Å². The summed E-state index contributed by atoms with van der Waals surface area (Å²) in [5.74, 6) is -1.16. The summed E-state index contributed by atoms with van der Waals surface area (Å²) in [7, 11) is 0. The molecule has 0 aliphatic rings. The molecule has 0 aliphatic heterocycles. The second-order valence-corrected chi connectivity index (χ2v) is 2.98. The SMILES string of the molecule is N#Cc1c(C(=O)O)ccc(Cl)c1CN. The fourth-order valence-corrected chi connectivity index (χ4v) is 1.36. The van der Waals surface area contributed by atoms with E-state index in [1.165, 1.54) is 12.1 Å². The largest absolute Gasteiger partial charge is 0.478 e. The quantitative estimate of drug-likeness (QED) is 0.772. The molecule has 4 nitrogen and oxygen atoms in total. The number of rotatable bonds is 2. The minimum absolute atomic E-state index is 0.0347. The highest BCUT2D eigenvalue weighted by molar-refractivity contribution is 6.31. The fourth-order valence-electron chi connectivity index (χ4n) is 1.13. The number of aromatic carboxylic acids is 1. The lowest BCUT2D eigenvalue weighted by atomic mass is 10.0. The molecule has 0 bridgehead atoms. The molecule has 1 rings (SSSR count). The van der Waals surface area contributed by atoms with Gasteiger partial charge in [0, 0.05) is 17.1 Å². The van der Waals surface area contributed by atoms with Crippen molar-refractivity contribution in [3.63, 3.8) is 0 Å². The Bertz CT molecular complexity index is 424. The number of carbonyl (C=O) groups is 1. The third-order valence-electron chi connectivity index (χ3n) is 1.80. The van der Waals surface area contributed by atoms with E-state index in [0.717, 1.165) is 0 Å². The van der Waals surface area contributed by atoms with Crippen molar-refractivity contribution >= 4 is 17.6 Å². The van der Waals surface area contributed by atoms with E-state index in [1.54, 1.807) is 6.07 Å². The number of nitriles is 1. The average molecular weight is 211 g/mol. The predicted molar refractivity (Wildman–Crippen MR) is 51.0 cm³/mol. The first kappa shape index (κ1) is 10.5. The molecule has 0 aromatic heterocycles. The van der Waals surface area contributed by atoms with Gasteiger partial charge in [0.2, 0.25) is 0 Å². The van der Waals surface area contributed by atoms with E-state index in [-0.39, 0.29) is 17.7 Å². The third-order valence-corrected chi connectivity index (χ3v) is 2.16. The summed E-state index contributed by atoms with van der Waals surface area (Å²) in [5, 5.41) is 17.9. The lowest BCUT2D eigenvalue weighted by Crippen LogP contribution is -2.07. The molecule has 14 heavy (non-hydrogen) atoms. The molecule has 0 amide bonds. The zero-order chi connectivity index (χ0) is 10.7. The van der Waals surface area contributed by atoms with E-state index in [1.807, 2.05) is 0 Å². The molecule has 1 aromatic carbocycles. The molecule has 0 atom stereocenters. The molecule has 0 fully saturated rings. The number of nitrogens with zero attached hydrogens (tertiary/aromatic N) is 1. The van der Waals surface area contributed by atoms with Crippen LogP contribution in [0.2, 0.25) is 5.02 Å². The van der Waals surface area contributed by atoms with Gasteiger partial charge in [-0.1, -0.05) is 11.6 Å². The van der Waals surface area contributed by atoms with E-state index < -0.39 is 5.97 Å². The third kappa shape index (κ3) is 1.69. The van der Waals surface area contributed by atoms with E-state index in [9.17, 15) is 4.79 Å². The topological polar surface area (TPSA) is 87.1 Å². The molecular formula is C9H7ClN2O2. The molecule has 0 spiro atoms. The van der Waals surface area contributed by atoms with Crippen LogP contribution in [0.5, 0.6) is 0 Å². The first-order chi connectivity index (χ1) is 6.61. The van der Waals surface area contributed by atoms with Gasteiger partial charge >= 0.3 is 5.97 Å². The number of hydrogen-bond acceptors (Lipinski definition) is 3. The summed E-state index contributed by atoms with van der Waals surface area (Å²) in [6.45, 7) is 0.0445. The Morgan fingerprint density at radius 3 is 2.71 bits per heavy atom. The first-order valence-corrected chi connectivity index (χ1v) is 4.14. The van der Waals surface area contributed by atoms with Crippen molar-refractivity contribution in [3.05, 3.63) is 33.8 Å². The summed E-state index contributed by atoms with van der Waals surface area (Å²) >= 11 is 5.76. The maximum absolute atomic E-state index is 10.7. The van der Waals surface area contributed by atoms with Crippen molar-refractivity contribution in [1.82, 2.24) is 0 Å². The first-order valence-electron chi connectivity index (χ1n) is 3.76. The maximum atomic E-state index is 10.7. The van der Waals surface area contributed by atoms with Crippen LogP contribution in [0, 0.1) is 11.3 Å². The Labute approximate surface area is 85.5 Å². The molecule has 3 N–H and O–H groups in total. The predicted octanol–water partition coefficient (Wildman–Crippen LogP) is 1.37. The van der Waals surface area contributed by atoms with Crippen LogP contribution in [0.3, 0.4) is 0 Å². The molecule has 0 saturated carbocycles. The lowest BCUT2D eigenvalue weighted by molar-refractivity contribution is 0.0696. The summed E-state index contributed by atoms with van der Waals surface area (Å²) in [5.41, 5.74) is 5.70. The minimum Gasteiger partial charge on any atom is -0.478 e. The minimum atomic E-state index is -1.16. The monoisotopic (exact) mass is 210 g/mol. The van der Waals surface area contributed by atoms with E-state index in [0.29, 0.717) is 10.6 Å². The van der Waals surface area contributed by atoms with Crippen LogP contribution in [-0.2, 0) is 6.54 Å². The fraction of sp³-hybridized carbons (Fsp3) is 0.111. The van der Waals surface area contributed by atoms with E-state index in [2.05, 4.69) is 0 Å². The van der Waals surface area contributed by atoms with Gasteiger partial charge in [-0.2, -0.15) is 5.26 Å². The maximum Gasteiger partial charge on any atom is 0.337 e. The smallest absolute Gasteiger partial charge is 0.337 e. The van der Waals surface area contributed by atoms with Crippen LogP contribution in [0.4, 0.5) is 0 Å². The highest BCUT2D eigenvalue weighted by atomic mass is 35.5. The van der Waals surface area contributed by atoms with Crippen LogP contribution < -0.4 is 5.73 Å². The Hall–Kier alpha value is -1.57. The number of nitrogens with two attached hydrogens (primary N) is 1. The van der Waals surface area contributed by atoms with Crippen LogP contribution in [0.1, 0.15) is 21.5 Å². The van der Waals surface area contributed by atoms with Crippen molar-refractivity contribution in [3.8, 4) is 6.07 Å². The standard InChI is InChI=1S/C9H7ClN2O2/c10-8-2-1-5(9(13)14)6(3-11)7(8)4-12/h1-2H,4,12H2,(H,13,14). The van der Waals surface area contributed by atoms with Crippen LogP contribution in [0.15, 0.2) is 12.1 Å². The molecule has 0 heterocycles. The van der Waals surface area contributed by atoms with Gasteiger partial charge in [0.25, 0.3) is 0 Å². The summed E-state index contributed by atoms with van der Waals surface area (Å²) in [6.07, 6.45) is 0. The van der Waals surface area contributed by atoms with Crippen molar-refractivity contribution in [1.29, 1.82) is 5.26 Å². The second kappa shape index (κ2) is 4.09. The Kier molecular flexibility index (Phi) is 3.07. The number of hydrogen-bond donors (Lipinski definition) is 2. The highest BCUT2D eigenvalue weighted by Crippen LogP contribution is 2.22. The average Bonchev–Trinajstić information content (AvgIpc) is 2.16. The van der Waals surface area contributed by atoms with E-state index >= 15 is 0 Å². The summed E-state index contributed by atoms with van der Waals surface area (Å²) in [6, 6.07) is 4.51. The van der Waals surface area contributed by atoms with Crippen LogP contribution in [0.25, 0.3) is 0 Å². The number of benzene rings is 1. The zero-order valence-corrected chi connectivity index (χ0v) is 7.88. The number of carboxylic acid groups (broad SMARTS) is 1. The Morgan fingerprint density at radius 2 is 2.29 bits per heavy atom. The van der Waals surface area contributed by atoms with Crippen LogP contribution >= 0.6 is 11.6 Å². The zero-order valence-electron chi connectivity index (χ0n) is 7.12. The summed E-state index contributed by atoms with van der Waals surface area (Å²) < 4.78 is 0. The van der Waals surface area contributed by atoms with Crippen molar-refractivity contribution in [2.45, 2.75) is 6.54 Å². The number of carboxylic acids is 1. The van der Waals surface area contributed by atoms with Gasteiger partial charge in [-0.15, -0.1) is 0 Å². The van der Waals surface area contributed by atoms with Gasteiger partial charge in [0.05, 0.1) is 11.1 Å². The van der Waals surface area contributed by atoms with Gasteiger partial charge in [0.1, 0.15) is 6.07 Å². The Balaban J connectivity index is 3.50. The molecule has 0 saturated heterocycles. The molecule has 1 aromatic rings. The van der Waals surface area contributed by atoms with Crippen molar-refractivity contribution in [2.24, 2.45) is 5.73 Å². The Morgan fingerprint density at radius 1 is 1.64 bits per heavy atom. The molecule has 72 valence electrons. The highest BCUT2D eigenvalue weighted by Gasteiger charge is 2.15.